The molecule has 0 aliphatic heterocycles. The number of hydrogen-bond acceptors (Lipinski definition) is 3. The summed E-state index contributed by atoms with van der Waals surface area (Å²) < 4.78 is 1.71. The molecule has 0 aliphatic rings. The zero-order chi connectivity index (χ0) is 13.2. The zero-order valence-electron chi connectivity index (χ0n) is 10.4. The van der Waals surface area contributed by atoms with E-state index in [9.17, 15) is 4.79 Å². The lowest BCUT2D eigenvalue weighted by Crippen LogP contribution is -2.22. The molecule has 6 nitrogen and oxygen atoms in total. The van der Waals surface area contributed by atoms with E-state index in [2.05, 4.69) is 20.6 Å². The molecule has 2 aromatic heterocycles. The smallest absolute Gasteiger partial charge is 0.252 e. The Morgan fingerprint density at radius 1 is 1.42 bits per heavy atom. The lowest BCUT2D eigenvalue weighted by molar-refractivity contribution is 0.0952. The Labute approximate surface area is 109 Å². The third-order valence-corrected chi connectivity index (χ3v) is 2.94. The van der Waals surface area contributed by atoms with Crippen molar-refractivity contribution in [3.05, 3.63) is 47.9 Å². The number of benzene rings is 1. The Hall–Kier alpha value is -2.63. The fourth-order valence-corrected chi connectivity index (χ4v) is 2.01. The van der Waals surface area contributed by atoms with Gasteiger partial charge in [-0.15, -0.1) is 0 Å². The van der Waals surface area contributed by atoms with Crippen LogP contribution in [0, 0.1) is 0 Å². The quantitative estimate of drug-likeness (QED) is 0.739. The van der Waals surface area contributed by atoms with Gasteiger partial charge < -0.3 is 5.32 Å². The molecule has 96 valence electrons. The summed E-state index contributed by atoms with van der Waals surface area (Å²) in [7, 11) is 1.84. The van der Waals surface area contributed by atoms with Crippen LogP contribution in [0.5, 0.6) is 0 Å². The van der Waals surface area contributed by atoms with Crippen LogP contribution in [0.25, 0.3) is 10.9 Å². The highest BCUT2D eigenvalue weighted by molar-refractivity contribution is 6.05. The largest absolute Gasteiger partial charge is 0.348 e. The average Bonchev–Trinajstić information content (AvgIpc) is 3.03. The van der Waals surface area contributed by atoms with Crippen molar-refractivity contribution in [1.82, 2.24) is 25.3 Å². The summed E-state index contributed by atoms with van der Waals surface area (Å²) in [5.41, 5.74) is 2.44. The van der Waals surface area contributed by atoms with E-state index < -0.39 is 0 Å². The molecule has 2 heterocycles. The molecule has 3 rings (SSSR count). The minimum absolute atomic E-state index is 0.115. The summed E-state index contributed by atoms with van der Waals surface area (Å²) in [5, 5.41) is 14.6. The highest BCUT2D eigenvalue weighted by atomic mass is 16.1. The number of rotatable bonds is 3. The van der Waals surface area contributed by atoms with Crippen molar-refractivity contribution in [3.8, 4) is 0 Å². The highest BCUT2D eigenvalue weighted by Gasteiger charge is 2.10. The first-order valence-electron chi connectivity index (χ1n) is 5.92. The lowest BCUT2D eigenvalue weighted by atomic mass is 10.1. The number of amides is 1. The maximum absolute atomic E-state index is 12.2. The van der Waals surface area contributed by atoms with Crippen LogP contribution in [0.15, 0.2) is 36.8 Å². The maximum Gasteiger partial charge on any atom is 0.252 e. The number of H-pyrrole nitrogens is 1. The number of aryl methyl sites for hydroxylation is 1. The van der Waals surface area contributed by atoms with Crippen LogP contribution in [0.3, 0.4) is 0 Å². The van der Waals surface area contributed by atoms with Gasteiger partial charge in [-0.05, 0) is 12.1 Å². The van der Waals surface area contributed by atoms with Gasteiger partial charge in [0.05, 0.1) is 23.5 Å². The van der Waals surface area contributed by atoms with Crippen molar-refractivity contribution in [1.29, 1.82) is 0 Å². The van der Waals surface area contributed by atoms with Crippen LogP contribution in [0.1, 0.15) is 15.9 Å². The summed E-state index contributed by atoms with van der Waals surface area (Å²) >= 11 is 0. The molecule has 6 heteroatoms. The maximum atomic E-state index is 12.2. The Morgan fingerprint density at radius 3 is 3.11 bits per heavy atom. The molecule has 0 spiro atoms. The van der Waals surface area contributed by atoms with E-state index in [1.54, 1.807) is 23.1 Å². The van der Waals surface area contributed by atoms with Gasteiger partial charge >= 0.3 is 0 Å². The normalized spacial score (nSPS) is 10.8. The molecule has 2 N–H and O–H groups in total. The summed E-state index contributed by atoms with van der Waals surface area (Å²) in [6.07, 6.45) is 5.27. The summed E-state index contributed by atoms with van der Waals surface area (Å²) in [5.74, 6) is -0.115. The lowest BCUT2D eigenvalue weighted by Gasteiger charge is -2.04. The second kappa shape index (κ2) is 4.56. The van der Waals surface area contributed by atoms with Crippen molar-refractivity contribution in [3.63, 3.8) is 0 Å². The second-order valence-electron chi connectivity index (χ2n) is 4.34. The van der Waals surface area contributed by atoms with Crippen LogP contribution in [-0.4, -0.2) is 25.9 Å². The summed E-state index contributed by atoms with van der Waals surface area (Å²) in [4.78, 5) is 12.2. The minimum Gasteiger partial charge on any atom is -0.348 e. The molecule has 0 fully saturated rings. The van der Waals surface area contributed by atoms with Crippen molar-refractivity contribution >= 4 is 16.8 Å². The van der Waals surface area contributed by atoms with E-state index in [-0.39, 0.29) is 5.91 Å². The molecule has 0 saturated heterocycles. The van der Waals surface area contributed by atoms with Gasteiger partial charge in [-0.1, -0.05) is 6.07 Å². The minimum atomic E-state index is -0.115. The van der Waals surface area contributed by atoms with Gasteiger partial charge in [0.25, 0.3) is 5.91 Å². The van der Waals surface area contributed by atoms with Gasteiger partial charge in [-0.2, -0.15) is 10.2 Å². The van der Waals surface area contributed by atoms with Gasteiger partial charge in [-0.25, -0.2) is 0 Å². The Balaban J connectivity index is 1.78. The number of nitrogens with zero attached hydrogens (tertiary/aromatic N) is 3. The Kier molecular flexibility index (Phi) is 2.75. The van der Waals surface area contributed by atoms with Crippen LogP contribution in [0.4, 0.5) is 0 Å². The average molecular weight is 255 g/mol. The van der Waals surface area contributed by atoms with Gasteiger partial charge in [0.2, 0.25) is 0 Å². The second-order valence-corrected chi connectivity index (χ2v) is 4.34. The molecule has 0 unspecified atom stereocenters. The molecule has 0 bridgehead atoms. The summed E-state index contributed by atoms with van der Waals surface area (Å²) in [6, 6.07) is 5.51. The zero-order valence-corrected chi connectivity index (χ0v) is 10.4. The number of nitrogens with one attached hydrogen (secondary N) is 2. The van der Waals surface area contributed by atoms with E-state index in [0.29, 0.717) is 12.1 Å². The van der Waals surface area contributed by atoms with Crippen molar-refractivity contribution in [2.45, 2.75) is 6.54 Å². The Morgan fingerprint density at radius 2 is 2.32 bits per heavy atom. The third-order valence-electron chi connectivity index (χ3n) is 2.94. The molecule has 1 aromatic carbocycles. The van der Waals surface area contributed by atoms with Gasteiger partial charge in [0.1, 0.15) is 0 Å². The summed E-state index contributed by atoms with van der Waals surface area (Å²) in [6.45, 7) is 0.459. The molecule has 19 heavy (non-hydrogen) atoms. The SMILES string of the molecule is Cn1cc(CNC(=O)c2cccc3[nH]ncc23)cn1. The molecular formula is C13H13N5O. The van der Waals surface area contributed by atoms with E-state index in [0.717, 1.165) is 16.5 Å². The number of fused-ring (bicyclic) bond motifs is 1. The fraction of sp³-hybridized carbons (Fsp3) is 0.154. The van der Waals surface area contributed by atoms with E-state index in [1.807, 2.05) is 25.4 Å². The predicted molar refractivity (Wildman–Crippen MR) is 70.5 cm³/mol. The molecular weight excluding hydrogens is 242 g/mol. The van der Waals surface area contributed by atoms with Crippen LogP contribution in [0.2, 0.25) is 0 Å². The number of aromatic nitrogens is 4. The molecule has 0 radical (unpaired) electrons. The van der Waals surface area contributed by atoms with Crippen LogP contribution >= 0.6 is 0 Å². The monoisotopic (exact) mass is 255 g/mol. The topological polar surface area (TPSA) is 75.6 Å². The first-order valence-corrected chi connectivity index (χ1v) is 5.92. The highest BCUT2D eigenvalue weighted by Crippen LogP contribution is 2.15. The Bertz CT molecular complexity index is 727. The van der Waals surface area contributed by atoms with Crippen LogP contribution < -0.4 is 5.32 Å². The first kappa shape index (κ1) is 11.5. The van der Waals surface area contributed by atoms with E-state index in [1.165, 1.54) is 0 Å². The molecule has 0 aliphatic carbocycles. The number of carbonyl (C=O) groups is 1. The van der Waals surface area contributed by atoms with Gasteiger partial charge in [-0.3, -0.25) is 14.6 Å². The predicted octanol–water partition coefficient (Wildman–Crippen LogP) is 1.23. The van der Waals surface area contributed by atoms with Crippen molar-refractivity contribution < 1.29 is 4.79 Å². The van der Waals surface area contributed by atoms with Gasteiger partial charge in [0, 0.05) is 30.7 Å². The van der Waals surface area contributed by atoms with Gasteiger partial charge in [0.15, 0.2) is 0 Å². The molecule has 1 amide bonds. The molecule has 0 saturated carbocycles. The molecule has 0 atom stereocenters. The third kappa shape index (κ3) is 2.20. The van der Waals surface area contributed by atoms with Crippen molar-refractivity contribution in [2.75, 3.05) is 0 Å². The number of carbonyl (C=O) groups excluding carboxylic acids is 1. The number of hydrogen-bond donors (Lipinski definition) is 2. The van der Waals surface area contributed by atoms with Crippen LogP contribution in [-0.2, 0) is 13.6 Å². The first-order chi connectivity index (χ1) is 9.24. The fourth-order valence-electron chi connectivity index (χ4n) is 2.01. The van der Waals surface area contributed by atoms with Crippen molar-refractivity contribution in [2.24, 2.45) is 7.05 Å². The molecule has 3 aromatic rings. The van der Waals surface area contributed by atoms with E-state index in [4.69, 9.17) is 0 Å². The standard InChI is InChI=1S/C13H13N5O/c1-18-8-9(6-16-18)5-14-13(19)10-3-2-4-12-11(10)7-15-17-12/h2-4,6-8H,5H2,1H3,(H,14,19)(H,15,17). The van der Waals surface area contributed by atoms with E-state index >= 15 is 0 Å². The number of aromatic amines is 1.